The zero-order valence-electron chi connectivity index (χ0n) is 10.3. The summed E-state index contributed by atoms with van der Waals surface area (Å²) in [6.07, 6.45) is 4.79. The maximum Gasteiger partial charge on any atom is 0.122 e. The van der Waals surface area contributed by atoms with E-state index in [9.17, 15) is 0 Å². The molecule has 0 N–H and O–H groups in total. The Kier molecular flexibility index (Phi) is 4.04. The molecule has 0 aliphatic heterocycles. The third-order valence-corrected chi connectivity index (χ3v) is 4.65. The van der Waals surface area contributed by atoms with Crippen LogP contribution < -0.4 is 4.74 Å². The molecular formula is C14H18BrClO. The van der Waals surface area contributed by atoms with Crippen LogP contribution in [0.5, 0.6) is 5.75 Å². The summed E-state index contributed by atoms with van der Waals surface area (Å²) < 4.78 is 5.41. The lowest BCUT2D eigenvalue weighted by Gasteiger charge is -2.25. The van der Waals surface area contributed by atoms with Gasteiger partial charge in [0, 0.05) is 9.85 Å². The second-order valence-electron chi connectivity index (χ2n) is 5.28. The molecule has 0 bridgehead atoms. The number of hydrogen-bond donors (Lipinski definition) is 0. The molecule has 2 atom stereocenters. The number of halogens is 2. The molecule has 0 heterocycles. The summed E-state index contributed by atoms with van der Waals surface area (Å²) in [7, 11) is 1.72. The second-order valence-corrected chi connectivity index (χ2v) is 7.02. The smallest absolute Gasteiger partial charge is 0.122 e. The van der Waals surface area contributed by atoms with Crippen molar-refractivity contribution in [1.82, 2.24) is 0 Å². The molecule has 17 heavy (non-hydrogen) atoms. The number of ether oxygens (including phenoxy) is 1. The molecule has 1 aromatic carbocycles. The minimum Gasteiger partial charge on any atom is -0.496 e. The van der Waals surface area contributed by atoms with Crippen molar-refractivity contribution in [3.05, 3.63) is 28.8 Å². The molecule has 1 aromatic rings. The van der Waals surface area contributed by atoms with Gasteiger partial charge < -0.3 is 4.74 Å². The van der Waals surface area contributed by atoms with Crippen LogP contribution in [0.1, 0.15) is 31.7 Å². The van der Waals surface area contributed by atoms with E-state index in [1.54, 1.807) is 7.11 Å². The average molecular weight is 318 g/mol. The van der Waals surface area contributed by atoms with E-state index in [0.717, 1.165) is 17.2 Å². The predicted molar refractivity (Wildman–Crippen MR) is 76.4 cm³/mol. The van der Waals surface area contributed by atoms with Crippen molar-refractivity contribution in [2.24, 2.45) is 5.41 Å². The molecule has 0 amide bonds. The lowest BCUT2D eigenvalue weighted by atomic mass is 9.82. The Morgan fingerprint density at radius 3 is 2.88 bits per heavy atom. The molecule has 2 rings (SSSR count). The van der Waals surface area contributed by atoms with Gasteiger partial charge in [-0.1, -0.05) is 34.5 Å². The lowest BCUT2D eigenvalue weighted by Crippen LogP contribution is -2.16. The summed E-state index contributed by atoms with van der Waals surface area (Å²) in [5, 5.41) is 0.790. The van der Waals surface area contributed by atoms with Gasteiger partial charge in [0.1, 0.15) is 5.75 Å². The first-order valence-corrected chi connectivity index (χ1v) is 7.28. The summed E-state index contributed by atoms with van der Waals surface area (Å²) in [4.78, 5) is 0.665. The minimum atomic E-state index is 0.367. The van der Waals surface area contributed by atoms with Crippen LogP contribution >= 0.6 is 27.5 Å². The van der Waals surface area contributed by atoms with Gasteiger partial charge in [-0.2, -0.15) is 0 Å². The highest BCUT2D eigenvalue weighted by atomic mass is 79.9. The average Bonchev–Trinajstić information content (AvgIpc) is 2.59. The minimum absolute atomic E-state index is 0.367. The van der Waals surface area contributed by atoms with Crippen LogP contribution in [0.15, 0.2) is 18.2 Å². The maximum absolute atomic E-state index is 6.07. The van der Waals surface area contributed by atoms with E-state index >= 15 is 0 Å². The Balaban J connectivity index is 2.20. The lowest BCUT2D eigenvalue weighted by molar-refractivity contribution is 0.326. The number of rotatable bonds is 3. The monoisotopic (exact) mass is 316 g/mol. The van der Waals surface area contributed by atoms with Crippen LogP contribution in [0.2, 0.25) is 5.02 Å². The first-order chi connectivity index (χ1) is 8.02. The van der Waals surface area contributed by atoms with Crippen LogP contribution in [0.4, 0.5) is 0 Å². The number of benzene rings is 1. The van der Waals surface area contributed by atoms with Crippen molar-refractivity contribution in [3.8, 4) is 5.75 Å². The molecular weight excluding hydrogens is 300 g/mol. The molecule has 1 aliphatic carbocycles. The second kappa shape index (κ2) is 5.19. The van der Waals surface area contributed by atoms with E-state index in [4.69, 9.17) is 16.3 Å². The topological polar surface area (TPSA) is 9.23 Å². The van der Waals surface area contributed by atoms with Gasteiger partial charge in [-0.25, -0.2) is 0 Å². The molecule has 3 heteroatoms. The zero-order chi connectivity index (χ0) is 12.5. The Morgan fingerprint density at radius 1 is 1.53 bits per heavy atom. The Bertz CT molecular complexity index is 407. The van der Waals surface area contributed by atoms with Crippen LogP contribution in [-0.2, 0) is 6.42 Å². The molecule has 94 valence electrons. The van der Waals surface area contributed by atoms with Crippen LogP contribution in [0, 0.1) is 5.41 Å². The quantitative estimate of drug-likeness (QED) is 0.724. The first kappa shape index (κ1) is 13.2. The van der Waals surface area contributed by atoms with Gasteiger partial charge in [-0.05, 0) is 54.9 Å². The molecule has 1 aliphatic rings. The fraction of sp³-hybridized carbons (Fsp3) is 0.571. The largest absolute Gasteiger partial charge is 0.496 e. The predicted octanol–water partition coefficient (Wildman–Crippen LogP) is 4.84. The van der Waals surface area contributed by atoms with Crippen molar-refractivity contribution < 1.29 is 4.74 Å². The molecule has 1 fully saturated rings. The summed E-state index contributed by atoms with van der Waals surface area (Å²) in [6, 6.07) is 5.88. The van der Waals surface area contributed by atoms with E-state index in [1.807, 2.05) is 18.2 Å². The van der Waals surface area contributed by atoms with Gasteiger partial charge >= 0.3 is 0 Å². The van der Waals surface area contributed by atoms with Gasteiger partial charge in [0.05, 0.1) is 7.11 Å². The Morgan fingerprint density at radius 2 is 2.29 bits per heavy atom. The van der Waals surface area contributed by atoms with Gasteiger partial charge in [0.2, 0.25) is 0 Å². The third kappa shape index (κ3) is 3.17. The highest BCUT2D eigenvalue weighted by Gasteiger charge is 2.34. The van der Waals surface area contributed by atoms with Crippen LogP contribution in [-0.4, -0.2) is 11.9 Å². The van der Waals surface area contributed by atoms with Gasteiger partial charge in [-0.3, -0.25) is 0 Å². The SMILES string of the molecule is COc1ccc(Cl)cc1CC1(C)CCC(Br)C1. The van der Waals surface area contributed by atoms with Crippen molar-refractivity contribution in [2.75, 3.05) is 7.11 Å². The van der Waals surface area contributed by atoms with E-state index < -0.39 is 0 Å². The molecule has 0 radical (unpaired) electrons. The van der Waals surface area contributed by atoms with Crippen molar-refractivity contribution >= 4 is 27.5 Å². The molecule has 2 unspecified atom stereocenters. The first-order valence-electron chi connectivity index (χ1n) is 5.99. The fourth-order valence-electron chi connectivity index (χ4n) is 2.75. The summed E-state index contributed by atoms with van der Waals surface area (Å²) in [5.74, 6) is 0.952. The maximum atomic E-state index is 6.07. The molecule has 0 spiro atoms. The molecule has 0 aromatic heterocycles. The van der Waals surface area contributed by atoms with Gasteiger partial charge in [0.15, 0.2) is 0 Å². The van der Waals surface area contributed by atoms with Gasteiger partial charge in [-0.15, -0.1) is 0 Å². The summed E-state index contributed by atoms with van der Waals surface area (Å²) in [6.45, 7) is 2.36. The molecule has 1 nitrogen and oxygen atoms in total. The van der Waals surface area contributed by atoms with Crippen LogP contribution in [0.3, 0.4) is 0 Å². The molecule has 0 saturated heterocycles. The summed E-state index contributed by atoms with van der Waals surface area (Å²) >= 11 is 9.79. The van der Waals surface area contributed by atoms with E-state index in [1.165, 1.54) is 24.8 Å². The number of methoxy groups -OCH3 is 1. The highest BCUT2D eigenvalue weighted by Crippen LogP contribution is 2.44. The normalized spacial score (nSPS) is 28.4. The van der Waals surface area contributed by atoms with Crippen molar-refractivity contribution in [1.29, 1.82) is 0 Å². The highest BCUT2D eigenvalue weighted by molar-refractivity contribution is 9.09. The Hall–Kier alpha value is -0.210. The molecule has 1 saturated carbocycles. The van der Waals surface area contributed by atoms with Crippen molar-refractivity contribution in [2.45, 2.75) is 37.4 Å². The van der Waals surface area contributed by atoms with E-state index in [2.05, 4.69) is 22.9 Å². The van der Waals surface area contributed by atoms with Gasteiger partial charge in [0.25, 0.3) is 0 Å². The van der Waals surface area contributed by atoms with Crippen LogP contribution in [0.25, 0.3) is 0 Å². The fourth-order valence-corrected chi connectivity index (χ4v) is 3.95. The zero-order valence-corrected chi connectivity index (χ0v) is 12.6. The van der Waals surface area contributed by atoms with Crippen molar-refractivity contribution in [3.63, 3.8) is 0 Å². The summed E-state index contributed by atoms with van der Waals surface area (Å²) in [5.41, 5.74) is 1.59. The van der Waals surface area contributed by atoms with E-state index in [0.29, 0.717) is 10.2 Å². The van der Waals surface area contributed by atoms with E-state index in [-0.39, 0.29) is 0 Å². The standard InChI is InChI=1S/C14H18BrClO/c1-14(6-5-11(15)9-14)8-10-7-12(16)3-4-13(10)17-2/h3-4,7,11H,5-6,8-9H2,1-2H3. The Labute approximate surface area is 117 Å². The third-order valence-electron chi connectivity index (χ3n) is 3.64. The number of alkyl halides is 1. The number of hydrogen-bond acceptors (Lipinski definition) is 1.